The molecule has 1 saturated carbocycles. The van der Waals surface area contributed by atoms with Crippen LogP contribution in [0, 0.1) is 18.8 Å². The van der Waals surface area contributed by atoms with E-state index < -0.39 is 0 Å². The first-order valence-electron chi connectivity index (χ1n) is 7.74. The number of hydrogen-bond donors (Lipinski definition) is 0. The van der Waals surface area contributed by atoms with Crippen LogP contribution in [0.5, 0.6) is 0 Å². The van der Waals surface area contributed by atoms with E-state index in [1.54, 1.807) is 0 Å². The molecule has 0 bridgehead atoms. The van der Waals surface area contributed by atoms with Gasteiger partial charge in [-0.1, -0.05) is 13.8 Å². The summed E-state index contributed by atoms with van der Waals surface area (Å²) in [6.07, 6.45) is 10.8. The van der Waals surface area contributed by atoms with Crippen molar-refractivity contribution in [2.24, 2.45) is 11.8 Å². The number of hydrogen-bond acceptors (Lipinski definition) is 2. The number of rotatable bonds is 6. The fourth-order valence-corrected chi connectivity index (χ4v) is 2.78. The smallest absolute Gasteiger partial charge is 0.0575 e. The highest BCUT2D eigenvalue weighted by Crippen LogP contribution is 2.27. The van der Waals surface area contributed by atoms with Gasteiger partial charge in [0.1, 0.15) is 0 Å². The summed E-state index contributed by atoms with van der Waals surface area (Å²) in [7, 11) is 0. The zero-order chi connectivity index (χ0) is 13.7. The van der Waals surface area contributed by atoms with Crippen LogP contribution in [0.25, 0.3) is 0 Å². The van der Waals surface area contributed by atoms with E-state index >= 15 is 0 Å². The van der Waals surface area contributed by atoms with Crippen LogP contribution in [0.1, 0.15) is 51.5 Å². The van der Waals surface area contributed by atoms with Crippen LogP contribution in [0.4, 0.5) is 0 Å². The van der Waals surface area contributed by atoms with Gasteiger partial charge in [0.2, 0.25) is 0 Å². The van der Waals surface area contributed by atoms with Crippen LogP contribution < -0.4 is 0 Å². The summed E-state index contributed by atoms with van der Waals surface area (Å²) in [5.74, 6) is 1.53. The van der Waals surface area contributed by atoms with Gasteiger partial charge >= 0.3 is 0 Å². The largest absolute Gasteiger partial charge is 0.378 e. The topological polar surface area (TPSA) is 27.1 Å². The SMILES string of the molecule is Cc1cnn(C[C@H]2CC[C@H](OCCC(C)C)CC2)c1. The van der Waals surface area contributed by atoms with E-state index in [1.165, 1.54) is 37.7 Å². The van der Waals surface area contributed by atoms with E-state index in [0.717, 1.165) is 25.0 Å². The van der Waals surface area contributed by atoms with Crippen molar-refractivity contribution in [1.29, 1.82) is 0 Å². The van der Waals surface area contributed by atoms with Gasteiger partial charge < -0.3 is 4.74 Å². The summed E-state index contributed by atoms with van der Waals surface area (Å²) in [5, 5.41) is 4.38. The molecule has 0 aromatic carbocycles. The molecule has 0 radical (unpaired) electrons. The summed E-state index contributed by atoms with van der Waals surface area (Å²) in [4.78, 5) is 0. The minimum absolute atomic E-state index is 0.509. The average Bonchev–Trinajstić information content (AvgIpc) is 2.77. The second kappa shape index (κ2) is 7.09. The summed E-state index contributed by atoms with van der Waals surface area (Å²) in [5.41, 5.74) is 1.26. The number of ether oxygens (including phenoxy) is 1. The third-order valence-electron chi connectivity index (χ3n) is 4.05. The summed E-state index contributed by atoms with van der Waals surface area (Å²) in [6.45, 7) is 8.62. The fraction of sp³-hybridized carbons (Fsp3) is 0.812. The van der Waals surface area contributed by atoms with Crippen molar-refractivity contribution >= 4 is 0 Å². The molecule has 0 saturated heterocycles. The average molecular weight is 264 g/mol. The summed E-state index contributed by atoms with van der Waals surface area (Å²) >= 11 is 0. The van der Waals surface area contributed by atoms with Gasteiger partial charge in [-0.15, -0.1) is 0 Å². The number of aryl methyl sites for hydroxylation is 1. The van der Waals surface area contributed by atoms with E-state index in [0.29, 0.717) is 6.10 Å². The molecule has 1 fully saturated rings. The van der Waals surface area contributed by atoms with E-state index in [1.807, 2.05) is 6.20 Å². The Morgan fingerprint density at radius 2 is 2.05 bits per heavy atom. The van der Waals surface area contributed by atoms with E-state index in [4.69, 9.17) is 4.74 Å². The number of aromatic nitrogens is 2. The molecular weight excluding hydrogens is 236 g/mol. The van der Waals surface area contributed by atoms with Crippen molar-refractivity contribution in [3.63, 3.8) is 0 Å². The van der Waals surface area contributed by atoms with Gasteiger partial charge in [0.25, 0.3) is 0 Å². The van der Waals surface area contributed by atoms with E-state index in [9.17, 15) is 0 Å². The second-order valence-corrected chi connectivity index (χ2v) is 6.44. The highest BCUT2D eigenvalue weighted by Gasteiger charge is 2.22. The molecule has 1 aromatic heterocycles. The lowest BCUT2D eigenvalue weighted by Gasteiger charge is -2.28. The molecule has 108 valence electrons. The Kier molecular flexibility index (Phi) is 5.44. The molecule has 0 unspecified atom stereocenters. The van der Waals surface area contributed by atoms with Gasteiger partial charge in [0, 0.05) is 19.3 Å². The Labute approximate surface area is 117 Å². The highest BCUT2D eigenvalue weighted by atomic mass is 16.5. The predicted molar refractivity (Wildman–Crippen MR) is 78.1 cm³/mol. The Morgan fingerprint density at radius 3 is 2.63 bits per heavy atom. The molecule has 0 N–H and O–H groups in total. The minimum Gasteiger partial charge on any atom is -0.378 e. The summed E-state index contributed by atoms with van der Waals surface area (Å²) < 4.78 is 8.07. The molecule has 1 aliphatic rings. The molecule has 19 heavy (non-hydrogen) atoms. The van der Waals surface area contributed by atoms with Gasteiger partial charge in [-0.05, 0) is 56.4 Å². The molecule has 3 heteroatoms. The highest BCUT2D eigenvalue weighted by molar-refractivity contribution is 4.99. The molecule has 1 aliphatic carbocycles. The lowest BCUT2D eigenvalue weighted by molar-refractivity contribution is 0.0112. The summed E-state index contributed by atoms with van der Waals surface area (Å²) in [6, 6.07) is 0. The Bertz CT molecular complexity index is 365. The lowest BCUT2D eigenvalue weighted by Crippen LogP contribution is -2.25. The maximum absolute atomic E-state index is 5.97. The molecular formula is C16H28N2O. The maximum Gasteiger partial charge on any atom is 0.0575 e. The molecule has 2 rings (SSSR count). The van der Waals surface area contributed by atoms with Gasteiger partial charge in [-0.3, -0.25) is 4.68 Å². The van der Waals surface area contributed by atoms with Crippen molar-refractivity contribution in [2.75, 3.05) is 6.61 Å². The first kappa shape index (κ1) is 14.6. The van der Waals surface area contributed by atoms with Crippen molar-refractivity contribution in [2.45, 2.75) is 65.5 Å². The van der Waals surface area contributed by atoms with Gasteiger partial charge in [0.15, 0.2) is 0 Å². The monoisotopic (exact) mass is 264 g/mol. The molecule has 0 aliphatic heterocycles. The van der Waals surface area contributed by atoms with Crippen molar-refractivity contribution in [3.05, 3.63) is 18.0 Å². The molecule has 0 amide bonds. The van der Waals surface area contributed by atoms with E-state index in [2.05, 4.69) is 36.7 Å². The van der Waals surface area contributed by atoms with Gasteiger partial charge in [-0.2, -0.15) is 5.10 Å². The Balaban J connectivity index is 1.65. The first-order valence-corrected chi connectivity index (χ1v) is 7.74. The van der Waals surface area contributed by atoms with Crippen molar-refractivity contribution in [3.8, 4) is 0 Å². The third kappa shape index (κ3) is 4.98. The normalized spacial score (nSPS) is 24.0. The predicted octanol–water partition coefficient (Wildman–Crippen LogP) is 3.81. The fourth-order valence-electron chi connectivity index (χ4n) is 2.78. The second-order valence-electron chi connectivity index (χ2n) is 6.44. The van der Waals surface area contributed by atoms with Crippen molar-refractivity contribution in [1.82, 2.24) is 9.78 Å². The van der Waals surface area contributed by atoms with Gasteiger partial charge in [0.05, 0.1) is 12.3 Å². The lowest BCUT2D eigenvalue weighted by atomic mass is 9.87. The standard InChI is InChI=1S/C16H28N2O/c1-13(2)8-9-19-16-6-4-15(5-7-16)12-18-11-14(3)10-17-18/h10-11,13,15-16H,4-9,12H2,1-3H3/t15-,16-. The zero-order valence-electron chi connectivity index (χ0n) is 12.6. The number of nitrogens with zero attached hydrogens (tertiary/aromatic N) is 2. The quantitative estimate of drug-likeness (QED) is 0.781. The first-order chi connectivity index (χ1) is 9.13. The van der Waals surface area contributed by atoms with Crippen LogP contribution in [0.2, 0.25) is 0 Å². The molecule has 0 atom stereocenters. The molecule has 0 spiro atoms. The molecule has 1 aromatic rings. The molecule has 1 heterocycles. The Morgan fingerprint density at radius 1 is 1.32 bits per heavy atom. The van der Waals surface area contributed by atoms with Crippen molar-refractivity contribution < 1.29 is 4.74 Å². The van der Waals surface area contributed by atoms with Crippen LogP contribution in [0.3, 0.4) is 0 Å². The molecule has 3 nitrogen and oxygen atoms in total. The van der Waals surface area contributed by atoms with E-state index in [-0.39, 0.29) is 0 Å². The van der Waals surface area contributed by atoms with Crippen LogP contribution in [0.15, 0.2) is 12.4 Å². The minimum atomic E-state index is 0.509. The maximum atomic E-state index is 5.97. The van der Waals surface area contributed by atoms with Crippen LogP contribution >= 0.6 is 0 Å². The third-order valence-corrected chi connectivity index (χ3v) is 4.05. The Hall–Kier alpha value is -0.830. The van der Waals surface area contributed by atoms with Gasteiger partial charge in [-0.25, -0.2) is 0 Å². The van der Waals surface area contributed by atoms with Crippen LogP contribution in [-0.2, 0) is 11.3 Å². The zero-order valence-corrected chi connectivity index (χ0v) is 12.6. The van der Waals surface area contributed by atoms with Crippen LogP contribution in [-0.4, -0.2) is 22.5 Å².